The molecule has 0 spiro atoms. The first kappa shape index (κ1) is 15.9. The molecule has 4 nitrogen and oxygen atoms in total. The van der Waals surface area contributed by atoms with E-state index in [1.165, 1.54) is 0 Å². The normalized spacial score (nSPS) is 12.7. The average Bonchev–Trinajstić information content (AvgIpc) is 2.93. The molecule has 114 valence electrons. The summed E-state index contributed by atoms with van der Waals surface area (Å²) < 4.78 is 5.57. The summed E-state index contributed by atoms with van der Waals surface area (Å²) in [5, 5.41) is 4.08. The molecule has 1 atom stereocenters. The molecule has 0 radical (unpaired) electrons. The van der Waals surface area contributed by atoms with Crippen molar-refractivity contribution in [2.75, 3.05) is 11.9 Å². The van der Waals surface area contributed by atoms with E-state index in [-0.39, 0.29) is 6.04 Å². The second-order valence-electron chi connectivity index (χ2n) is 5.47. The predicted octanol–water partition coefficient (Wildman–Crippen LogP) is 4.02. The Hall–Kier alpha value is -1.52. The summed E-state index contributed by atoms with van der Waals surface area (Å²) in [6.45, 7) is 6.99. The minimum atomic E-state index is 0.0863. The number of hydrogen-bond donors (Lipinski definition) is 1. The van der Waals surface area contributed by atoms with Crippen LogP contribution in [0, 0.1) is 0 Å². The van der Waals surface area contributed by atoms with Crippen molar-refractivity contribution in [1.29, 1.82) is 0 Å². The van der Waals surface area contributed by atoms with E-state index >= 15 is 0 Å². The second-order valence-corrected chi connectivity index (χ2v) is 5.87. The van der Waals surface area contributed by atoms with Crippen LogP contribution in [-0.4, -0.2) is 18.1 Å². The number of hydrogen-bond acceptors (Lipinski definition) is 4. The van der Waals surface area contributed by atoms with Gasteiger partial charge in [0.05, 0.1) is 11.7 Å². The molecule has 2 rings (SSSR count). The zero-order valence-electron chi connectivity index (χ0n) is 12.9. The van der Waals surface area contributed by atoms with Gasteiger partial charge in [-0.3, -0.25) is 0 Å². The summed E-state index contributed by atoms with van der Waals surface area (Å²) in [6, 6.07) is 8.94. The van der Waals surface area contributed by atoms with Gasteiger partial charge >= 0.3 is 0 Å². The quantitative estimate of drug-likeness (QED) is 0.875. The molecule has 21 heavy (non-hydrogen) atoms. The Kier molecular flexibility index (Phi) is 5.26. The number of nitrogens with one attached hydrogen (secondary N) is 1. The van der Waals surface area contributed by atoms with E-state index in [0.717, 1.165) is 16.3 Å². The molecule has 0 saturated heterocycles. The number of halogens is 1. The third-order valence-corrected chi connectivity index (χ3v) is 3.81. The molecule has 0 aliphatic carbocycles. The maximum Gasteiger partial charge on any atom is 0.297 e. The van der Waals surface area contributed by atoms with Gasteiger partial charge in [-0.05, 0) is 18.6 Å². The van der Waals surface area contributed by atoms with Crippen LogP contribution in [0.1, 0.15) is 38.1 Å². The summed E-state index contributed by atoms with van der Waals surface area (Å²) in [4.78, 5) is 6.50. The Balaban J connectivity index is 2.09. The number of oxazole rings is 1. The third kappa shape index (κ3) is 3.99. The van der Waals surface area contributed by atoms with E-state index in [1.54, 1.807) is 6.26 Å². The molecule has 0 aliphatic rings. The van der Waals surface area contributed by atoms with Crippen LogP contribution in [0.15, 0.2) is 34.9 Å². The van der Waals surface area contributed by atoms with Crippen LogP contribution >= 0.6 is 11.6 Å². The highest BCUT2D eigenvalue weighted by molar-refractivity contribution is 6.31. The van der Waals surface area contributed by atoms with Crippen LogP contribution in [0.4, 0.5) is 6.01 Å². The predicted molar refractivity (Wildman–Crippen MR) is 86.7 cm³/mol. The second kappa shape index (κ2) is 6.96. The van der Waals surface area contributed by atoms with Crippen LogP contribution in [0.2, 0.25) is 5.02 Å². The molecular formula is C16H22ClN3O. The highest BCUT2D eigenvalue weighted by Crippen LogP contribution is 2.29. The summed E-state index contributed by atoms with van der Waals surface area (Å²) in [6.07, 6.45) is 1.69. The smallest absolute Gasteiger partial charge is 0.297 e. The van der Waals surface area contributed by atoms with Gasteiger partial charge in [-0.15, -0.1) is 0 Å². The van der Waals surface area contributed by atoms with Crippen LogP contribution in [0.5, 0.6) is 0 Å². The van der Waals surface area contributed by atoms with Gasteiger partial charge in [0.2, 0.25) is 0 Å². The van der Waals surface area contributed by atoms with Crippen molar-refractivity contribution in [1.82, 2.24) is 10.3 Å². The van der Waals surface area contributed by atoms with E-state index in [4.69, 9.17) is 16.0 Å². The van der Waals surface area contributed by atoms with E-state index < -0.39 is 0 Å². The first-order chi connectivity index (χ1) is 9.99. The Bertz CT molecular complexity index is 582. The van der Waals surface area contributed by atoms with Crippen molar-refractivity contribution < 1.29 is 4.42 Å². The van der Waals surface area contributed by atoms with Crippen molar-refractivity contribution in [2.24, 2.45) is 0 Å². The molecule has 1 aromatic heterocycles. The number of nitrogens with zero attached hydrogens (tertiary/aromatic N) is 2. The number of benzene rings is 1. The van der Waals surface area contributed by atoms with Gasteiger partial charge in [0, 0.05) is 24.7 Å². The number of rotatable bonds is 6. The Morgan fingerprint density at radius 1 is 1.29 bits per heavy atom. The topological polar surface area (TPSA) is 41.3 Å². The fourth-order valence-electron chi connectivity index (χ4n) is 2.04. The largest absolute Gasteiger partial charge is 0.432 e. The molecular weight excluding hydrogens is 286 g/mol. The van der Waals surface area contributed by atoms with Crippen LogP contribution in [0.3, 0.4) is 0 Å². The summed E-state index contributed by atoms with van der Waals surface area (Å²) in [5.41, 5.74) is 1.96. The number of anilines is 1. The van der Waals surface area contributed by atoms with Gasteiger partial charge in [-0.25, -0.2) is 0 Å². The van der Waals surface area contributed by atoms with E-state index in [9.17, 15) is 0 Å². The average molecular weight is 308 g/mol. The van der Waals surface area contributed by atoms with E-state index in [1.807, 2.05) is 36.2 Å². The van der Waals surface area contributed by atoms with Gasteiger partial charge in [-0.2, -0.15) is 4.98 Å². The van der Waals surface area contributed by atoms with Crippen molar-refractivity contribution in [2.45, 2.75) is 39.4 Å². The molecule has 1 N–H and O–H groups in total. The highest BCUT2D eigenvalue weighted by atomic mass is 35.5. The fourth-order valence-corrected chi connectivity index (χ4v) is 2.33. The van der Waals surface area contributed by atoms with Crippen LogP contribution < -0.4 is 10.2 Å². The first-order valence-corrected chi connectivity index (χ1v) is 7.52. The fraction of sp³-hybridized carbons (Fsp3) is 0.438. The van der Waals surface area contributed by atoms with Crippen LogP contribution in [0.25, 0.3) is 0 Å². The third-order valence-electron chi connectivity index (χ3n) is 3.47. The molecule has 1 heterocycles. The van der Waals surface area contributed by atoms with Crippen molar-refractivity contribution in [3.05, 3.63) is 46.8 Å². The molecule has 0 fully saturated rings. The van der Waals surface area contributed by atoms with Gasteiger partial charge < -0.3 is 14.6 Å². The summed E-state index contributed by atoms with van der Waals surface area (Å²) >= 11 is 6.25. The lowest BCUT2D eigenvalue weighted by Crippen LogP contribution is -2.23. The van der Waals surface area contributed by atoms with Crippen LogP contribution in [-0.2, 0) is 6.54 Å². The lowest BCUT2D eigenvalue weighted by molar-refractivity contribution is 0.524. The Labute approximate surface area is 131 Å². The lowest BCUT2D eigenvalue weighted by atomic mass is 10.1. The molecule has 5 heteroatoms. The molecule has 0 aliphatic heterocycles. The molecule has 2 aromatic rings. The maximum atomic E-state index is 6.25. The SMILES string of the molecule is CC(C)NCc1coc(N(C)C(C)c2ccccc2Cl)n1. The minimum absolute atomic E-state index is 0.0863. The van der Waals surface area contributed by atoms with E-state index in [0.29, 0.717) is 18.6 Å². The number of aromatic nitrogens is 1. The minimum Gasteiger partial charge on any atom is -0.432 e. The van der Waals surface area contributed by atoms with Gasteiger partial charge in [0.25, 0.3) is 6.01 Å². The van der Waals surface area contributed by atoms with Gasteiger partial charge in [0.15, 0.2) is 0 Å². The standard InChI is InChI=1S/C16H22ClN3O/c1-11(2)18-9-13-10-21-16(19-13)20(4)12(3)14-7-5-6-8-15(14)17/h5-8,10-12,18H,9H2,1-4H3. The molecule has 0 saturated carbocycles. The van der Waals surface area contributed by atoms with E-state index in [2.05, 4.69) is 31.1 Å². The monoisotopic (exact) mass is 307 g/mol. The zero-order valence-corrected chi connectivity index (χ0v) is 13.7. The van der Waals surface area contributed by atoms with Gasteiger partial charge in [0.1, 0.15) is 6.26 Å². The van der Waals surface area contributed by atoms with Crippen molar-refractivity contribution >= 4 is 17.6 Å². The Morgan fingerprint density at radius 3 is 2.67 bits per heavy atom. The lowest BCUT2D eigenvalue weighted by Gasteiger charge is -2.24. The van der Waals surface area contributed by atoms with Crippen molar-refractivity contribution in [3.63, 3.8) is 0 Å². The molecule has 0 bridgehead atoms. The van der Waals surface area contributed by atoms with Crippen molar-refractivity contribution in [3.8, 4) is 0 Å². The molecule has 1 unspecified atom stereocenters. The molecule has 0 amide bonds. The summed E-state index contributed by atoms with van der Waals surface area (Å²) in [7, 11) is 1.96. The summed E-state index contributed by atoms with van der Waals surface area (Å²) in [5.74, 6) is 0. The zero-order chi connectivity index (χ0) is 15.4. The maximum absolute atomic E-state index is 6.25. The first-order valence-electron chi connectivity index (χ1n) is 7.14. The highest BCUT2D eigenvalue weighted by Gasteiger charge is 2.18. The Morgan fingerprint density at radius 2 is 2.00 bits per heavy atom. The van der Waals surface area contributed by atoms with Gasteiger partial charge in [-0.1, -0.05) is 43.6 Å². The molecule has 1 aromatic carbocycles.